The molecule has 0 saturated heterocycles. The van der Waals surface area contributed by atoms with Crippen LogP contribution in [0.1, 0.15) is 16.8 Å². The lowest BCUT2D eigenvalue weighted by Gasteiger charge is -2.31. The lowest BCUT2D eigenvalue weighted by molar-refractivity contribution is 0.0744. The maximum Gasteiger partial charge on any atom is 0.269 e. The molecule has 45 heavy (non-hydrogen) atoms. The number of rotatable bonds is 12. The average molecular weight is 632 g/mol. The van der Waals surface area contributed by atoms with Crippen molar-refractivity contribution in [1.82, 2.24) is 15.1 Å². The van der Waals surface area contributed by atoms with Gasteiger partial charge in [0.15, 0.2) is 11.6 Å². The third-order valence-electron chi connectivity index (χ3n) is 7.56. The summed E-state index contributed by atoms with van der Waals surface area (Å²) in [6.07, 6.45) is 4.83. The Morgan fingerprint density at radius 1 is 1.00 bits per heavy atom. The van der Waals surface area contributed by atoms with Crippen LogP contribution in [0.5, 0.6) is 5.75 Å². The first-order valence-corrected chi connectivity index (χ1v) is 15.8. The number of aromatic nitrogens is 3. The molecule has 0 bridgehead atoms. The molecule has 12 nitrogen and oxygen atoms in total. The predicted octanol–water partition coefficient (Wildman–Crippen LogP) is 5.22. The summed E-state index contributed by atoms with van der Waals surface area (Å²) in [5.41, 5.74) is 4.02. The molecule has 0 N–H and O–H groups in total. The molecule has 234 valence electrons. The van der Waals surface area contributed by atoms with Gasteiger partial charge >= 0.3 is 0 Å². The standard InChI is InChI=1S/C32H33N5O7S/c1-22-23(2)35-44-32(22)37(21-41-18-17-40-3)45(38,39)29-9-5-4-7-27(29)26-11-10-24(31-34-13-15-43-31)19-25(26)20-36-14-16-42-28-8-6-12-33-30(28)36/h4-13,15,19H,14,16-18,20-21H2,1-3H3. The number of benzene rings is 2. The summed E-state index contributed by atoms with van der Waals surface area (Å²) in [5, 5.41) is 4.00. The molecule has 0 aliphatic carbocycles. The Hall–Kier alpha value is -4.72. The van der Waals surface area contributed by atoms with Crippen molar-refractivity contribution in [3.05, 3.63) is 90.1 Å². The highest BCUT2D eigenvalue weighted by Crippen LogP contribution is 2.38. The SMILES string of the molecule is COCCOCN(c1onc(C)c1C)S(=O)(=O)c1ccccc1-c1ccc(-c2ncco2)cc1CN1CCOc2cccnc21. The largest absolute Gasteiger partial charge is 0.488 e. The summed E-state index contributed by atoms with van der Waals surface area (Å²) < 4.78 is 57.9. The lowest BCUT2D eigenvalue weighted by Crippen LogP contribution is -2.34. The summed E-state index contributed by atoms with van der Waals surface area (Å²) in [6, 6.07) is 16.3. The number of oxazole rings is 1. The molecule has 0 amide bonds. The minimum atomic E-state index is -4.22. The molecule has 6 rings (SSSR count). The van der Waals surface area contributed by atoms with E-state index in [0.29, 0.717) is 60.6 Å². The van der Waals surface area contributed by atoms with Crippen molar-refractivity contribution in [3.8, 4) is 28.3 Å². The maximum absolute atomic E-state index is 14.5. The van der Waals surface area contributed by atoms with Crippen LogP contribution in [0.4, 0.5) is 11.7 Å². The summed E-state index contributed by atoms with van der Waals surface area (Å²) >= 11 is 0. The highest BCUT2D eigenvalue weighted by Gasteiger charge is 2.33. The molecule has 0 fully saturated rings. The number of methoxy groups -OCH3 is 1. The fourth-order valence-corrected chi connectivity index (χ4v) is 6.69. The second-order valence-corrected chi connectivity index (χ2v) is 12.2. The lowest BCUT2D eigenvalue weighted by atomic mass is 9.96. The van der Waals surface area contributed by atoms with Crippen LogP contribution in [0, 0.1) is 13.8 Å². The molecule has 1 aliphatic heterocycles. The highest BCUT2D eigenvalue weighted by atomic mass is 32.2. The molecule has 0 atom stereocenters. The van der Waals surface area contributed by atoms with Crippen molar-refractivity contribution in [2.75, 3.05) is 49.4 Å². The molecule has 3 aromatic heterocycles. The van der Waals surface area contributed by atoms with Gasteiger partial charge in [0.05, 0.1) is 36.5 Å². The van der Waals surface area contributed by atoms with Gasteiger partial charge in [0, 0.05) is 36.5 Å². The van der Waals surface area contributed by atoms with Gasteiger partial charge in [-0.25, -0.2) is 22.7 Å². The number of hydrogen-bond acceptors (Lipinski definition) is 11. The number of ether oxygens (including phenoxy) is 3. The van der Waals surface area contributed by atoms with Gasteiger partial charge in [-0.3, -0.25) is 0 Å². The van der Waals surface area contributed by atoms with Gasteiger partial charge in [0.1, 0.15) is 19.6 Å². The van der Waals surface area contributed by atoms with Crippen LogP contribution >= 0.6 is 0 Å². The molecule has 4 heterocycles. The summed E-state index contributed by atoms with van der Waals surface area (Å²) in [5.74, 6) is 1.96. The van der Waals surface area contributed by atoms with Gasteiger partial charge in [0.2, 0.25) is 11.8 Å². The smallest absolute Gasteiger partial charge is 0.269 e. The number of fused-ring (bicyclic) bond motifs is 1. The normalized spacial score (nSPS) is 13.0. The monoisotopic (exact) mass is 631 g/mol. The van der Waals surface area contributed by atoms with E-state index in [-0.39, 0.29) is 24.1 Å². The zero-order chi connectivity index (χ0) is 31.4. The second kappa shape index (κ2) is 13.1. The van der Waals surface area contributed by atoms with E-state index < -0.39 is 10.0 Å². The molecule has 1 aliphatic rings. The van der Waals surface area contributed by atoms with Gasteiger partial charge in [-0.2, -0.15) is 0 Å². The number of sulfonamides is 1. The Morgan fingerprint density at radius 3 is 2.64 bits per heavy atom. The molecular weight excluding hydrogens is 598 g/mol. The van der Waals surface area contributed by atoms with Crippen molar-refractivity contribution >= 4 is 21.7 Å². The van der Waals surface area contributed by atoms with Crippen LogP contribution < -0.4 is 13.9 Å². The summed E-state index contributed by atoms with van der Waals surface area (Å²) in [6.45, 7) is 5.25. The first kappa shape index (κ1) is 30.3. The molecule has 5 aromatic rings. The summed E-state index contributed by atoms with van der Waals surface area (Å²) in [7, 11) is -2.67. The second-order valence-electron chi connectivity index (χ2n) is 10.4. The van der Waals surface area contributed by atoms with E-state index in [4.69, 9.17) is 23.2 Å². The van der Waals surface area contributed by atoms with Gasteiger partial charge in [-0.15, -0.1) is 0 Å². The zero-order valence-electron chi connectivity index (χ0n) is 25.2. The van der Waals surface area contributed by atoms with E-state index in [0.717, 1.165) is 21.0 Å². The Labute approximate surface area is 261 Å². The predicted molar refractivity (Wildman–Crippen MR) is 166 cm³/mol. The van der Waals surface area contributed by atoms with Gasteiger partial charge in [-0.1, -0.05) is 29.4 Å². The minimum absolute atomic E-state index is 0.0828. The Morgan fingerprint density at radius 2 is 1.87 bits per heavy atom. The minimum Gasteiger partial charge on any atom is -0.488 e. The van der Waals surface area contributed by atoms with E-state index in [1.54, 1.807) is 51.6 Å². The first-order valence-electron chi connectivity index (χ1n) is 14.4. The summed E-state index contributed by atoms with van der Waals surface area (Å²) in [4.78, 5) is 11.1. The molecular formula is C32H33N5O7S. The van der Waals surface area contributed by atoms with Gasteiger partial charge < -0.3 is 28.1 Å². The number of nitrogens with zero attached hydrogens (tertiary/aromatic N) is 5. The quantitative estimate of drug-likeness (QED) is 0.132. The number of hydrogen-bond donors (Lipinski definition) is 0. The maximum atomic E-state index is 14.5. The average Bonchev–Trinajstić information content (AvgIpc) is 3.72. The van der Waals surface area contributed by atoms with E-state index in [1.165, 1.54) is 6.26 Å². The van der Waals surface area contributed by atoms with E-state index in [2.05, 4.69) is 20.0 Å². The van der Waals surface area contributed by atoms with Gasteiger partial charge in [0.25, 0.3) is 10.0 Å². The van der Waals surface area contributed by atoms with Crippen LogP contribution in [-0.2, 0) is 26.0 Å². The van der Waals surface area contributed by atoms with Crippen LogP contribution in [0.25, 0.3) is 22.6 Å². The van der Waals surface area contributed by atoms with E-state index in [1.807, 2.05) is 36.4 Å². The first-order chi connectivity index (χ1) is 21.9. The van der Waals surface area contributed by atoms with Crippen molar-refractivity contribution < 1.29 is 31.6 Å². The molecule has 13 heteroatoms. The highest BCUT2D eigenvalue weighted by molar-refractivity contribution is 7.93. The number of pyridine rings is 1. The van der Waals surface area contributed by atoms with Crippen molar-refractivity contribution in [3.63, 3.8) is 0 Å². The van der Waals surface area contributed by atoms with Crippen LogP contribution in [0.2, 0.25) is 0 Å². The van der Waals surface area contributed by atoms with Crippen LogP contribution in [-0.4, -0.2) is 63.7 Å². The topological polar surface area (TPSA) is 133 Å². The third-order valence-corrected chi connectivity index (χ3v) is 9.32. The third kappa shape index (κ3) is 6.14. The van der Waals surface area contributed by atoms with Gasteiger partial charge in [-0.05, 0) is 55.3 Å². The van der Waals surface area contributed by atoms with Crippen molar-refractivity contribution in [1.29, 1.82) is 0 Å². The van der Waals surface area contributed by atoms with Crippen LogP contribution in [0.15, 0.2) is 87.1 Å². The molecule has 0 saturated carbocycles. The Bertz CT molecular complexity index is 1870. The Balaban J connectivity index is 1.46. The molecule has 0 radical (unpaired) electrons. The van der Waals surface area contributed by atoms with E-state index in [9.17, 15) is 8.42 Å². The molecule has 0 spiro atoms. The fraction of sp³-hybridized carbons (Fsp3) is 0.281. The van der Waals surface area contributed by atoms with E-state index >= 15 is 0 Å². The molecule has 0 unspecified atom stereocenters. The molecule has 2 aromatic carbocycles. The van der Waals surface area contributed by atoms with Crippen molar-refractivity contribution in [2.24, 2.45) is 0 Å². The van der Waals surface area contributed by atoms with Crippen LogP contribution in [0.3, 0.4) is 0 Å². The fourth-order valence-electron chi connectivity index (χ4n) is 5.15. The van der Waals surface area contributed by atoms with Crippen molar-refractivity contribution in [2.45, 2.75) is 25.3 Å². The Kier molecular flexibility index (Phi) is 8.83. The number of aryl methyl sites for hydroxylation is 1. The number of anilines is 2. The zero-order valence-corrected chi connectivity index (χ0v) is 26.0.